The zero-order chi connectivity index (χ0) is 24.3. The van der Waals surface area contributed by atoms with E-state index in [4.69, 9.17) is 14.2 Å². The zero-order valence-electron chi connectivity index (χ0n) is 21.7. The lowest BCUT2D eigenvalue weighted by molar-refractivity contribution is -0.154. The molecule has 34 heavy (non-hydrogen) atoms. The molecule has 0 amide bonds. The maximum Gasteiger partial charge on any atom is 0.341 e. The SMILES string of the molecule is CCOC(=O)C1=COC12CC[C@@]1(C)C(=CC[C@H]3C4CC[C@H](C(C)OC(C)=O)C4(CC)CCC31)C2. The molecule has 1 heterocycles. The lowest BCUT2D eigenvalue weighted by Gasteiger charge is -2.60. The van der Waals surface area contributed by atoms with Crippen molar-refractivity contribution >= 4 is 11.9 Å². The molecule has 0 aromatic heterocycles. The fraction of sp³-hybridized carbons (Fsp3) is 0.793. The second-order valence-corrected chi connectivity index (χ2v) is 11.9. The molecule has 5 nitrogen and oxygen atoms in total. The van der Waals surface area contributed by atoms with Crippen LogP contribution < -0.4 is 0 Å². The lowest BCUT2D eigenvalue weighted by atomic mass is 9.45. The molecule has 0 aromatic rings. The summed E-state index contributed by atoms with van der Waals surface area (Å²) in [6.45, 7) is 10.8. The third-order valence-corrected chi connectivity index (χ3v) is 10.9. The predicted molar refractivity (Wildman–Crippen MR) is 130 cm³/mol. The van der Waals surface area contributed by atoms with Gasteiger partial charge in [0, 0.05) is 19.3 Å². The Morgan fingerprint density at radius 3 is 2.59 bits per heavy atom. The summed E-state index contributed by atoms with van der Waals surface area (Å²) in [7, 11) is 0. The van der Waals surface area contributed by atoms with Crippen molar-refractivity contribution in [2.45, 2.75) is 104 Å². The fourth-order valence-corrected chi connectivity index (χ4v) is 9.29. The van der Waals surface area contributed by atoms with Gasteiger partial charge in [-0.15, -0.1) is 0 Å². The molecule has 3 saturated carbocycles. The van der Waals surface area contributed by atoms with Gasteiger partial charge in [-0.25, -0.2) is 4.79 Å². The first kappa shape index (κ1) is 23.9. The Bertz CT molecular complexity index is 919. The number of allylic oxidation sites excluding steroid dienone is 1. The first-order valence-electron chi connectivity index (χ1n) is 13.6. The van der Waals surface area contributed by atoms with E-state index in [9.17, 15) is 9.59 Å². The van der Waals surface area contributed by atoms with Crippen molar-refractivity contribution in [2.75, 3.05) is 6.61 Å². The Morgan fingerprint density at radius 1 is 1.15 bits per heavy atom. The van der Waals surface area contributed by atoms with Gasteiger partial charge in [0.15, 0.2) is 0 Å². The lowest BCUT2D eigenvalue weighted by Crippen LogP contribution is -2.55. The monoisotopic (exact) mass is 470 g/mol. The number of hydrogen-bond donors (Lipinski definition) is 0. The second-order valence-electron chi connectivity index (χ2n) is 11.9. The summed E-state index contributed by atoms with van der Waals surface area (Å²) in [5, 5.41) is 0. The van der Waals surface area contributed by atoms with Crippen LogP contribution in [-0.4, -0.2) is 30.3 Å². The Morgan fingerprint density at radius 2 is 1.94 bits per heavy atom. The summed E-state index contributed by atoms with van der Waals surface area (Å²) in [4.78, 5) is 24.2. The van der Waals surface area contributed by atoms with Gasteiger partial charge in [0.25, 0.3) is 0 Å². The molecule has 0 radical (unpaired) electrons. The molecular formula is C29H42O5. The van der Waals surface area contributed by atoms with Crippen molar-refractivity contribution in [1.82, 2.24) is 0 Å². The van der Waals surface area contributed by atoms with Gasteiger partial charge in [-0.3, -0.25) is 4.79 Å². The molecule has 1 aliphatic heterocycles. The van der Waals surface area contributed by atoms with Gasteiger partial charge < -0.3 is 14.2 Å². The molecule has 3 fully saturated rings. The summed E-state index contributed by atoms with van der Waals surface area (Å²) in [5.74, 6) is 2.21. The van der Waals surface area contributed by atoms with Crippen molar-refractivity contribution in [3.63, 3.8) is 0 Å². The highest BCUT2D eigenvalue weighted by Gasteiger charge is 2.63. The average molecular weight is 471 g/mol. The van der Waals surface area contributed by atoms with Crippen molar-refractivity contribution in [3.05, 3.63) is 23.5 Å². The third-order valence-electron chi connectivity index (χ3n) is 10.9. The maximum atomic E-state index is 12.5. The van der Waals surface area contributed by atoms with Crippen LogP contribution in [0, 0.1) is 34.5 Å². The topological polar surface area (TPSA) is 61.8 Å². The van der Waals surface area contributed by atoms with Gasteiger partial charge in [-0.05, 0) is 93.8 Å². The van der Waals surface area contributed by atoms with E-state index in [2.05, 4.69) is 26.8 Å². The number of hydrogen-bond acceptors (Lipinski definition) is 5. The normalized spacial score (nSPS) is 43.2. The second kappa shape index (κ2) is 8.41. The van der Waals surface area contributed by atoms with Crippen molar-refractivity contribution in [1.29, 1.82) is 0 Å². The van der Waals surface area contributed by atoms with E-state index in [0.717, 1.165) is 31.3 Å². The number of esters is 2. The van der Waals surface area contributed by atoms with Crippen LogP contribution in [0.4, 0.5) is 0 Å². The van der Waals surface area contributed by atoms with Crippen LogP contribution >= 0.6 is 0 Å². The number of rotatable bonds is 5. The van der Waals surface area contributed by atoms with Crippen molar-refractivity contribution in [3.8, 4) is 0 Å². The fourth-order valence-electron chi connectivity index (χ4n) is 9.29. The van der Waals surface area contributed by atoms with Gasteiger partial charge in [-0.2, -0.15) is 0 Å². The van der Waals surface area contributed by atoms with Gasteiger partial charge in [0.1, 0.15) is 17.3 Å². The number of ether oxygens (including phenoxy) is 3. The van der Waals surface area contributed by atoms with E-state index in [-0.39, 0.29) is 23.5 Å². The molecule has 5 heteroatoms. The standard InChI is InChI=1S/C29H42O5/c1-6-28-13-12-23-21(24(28)11-10-22(28)18(3)34-19(4)30)9-8-20-16-29(15-14-27(20,23)5)25(17-33-29)26(31)32-7-2/h8,17-18,21-24H,6-7,9-16H2,1-5H3/t18?,21-,22-,23?,24?,27+,28?,29?/m1/s1. The van der Waals surface area contributed by atoms with Crippen LogP contribution in [0.3, 0.4) is 0 Å². The molecule has 5 rings (SSSR count). The molecule has 5 aliphatic rings. The van der Waals surface area contributed by atoms with Crippen LogP contribution in [-0.2, 0) is 23.8 Å². The van der Waals surface area contributed by atoms with E-state index >= 15 is 0 Å². The molecule has 0 N–H and O–H groups in total. The van der Waals surface area contributed by atoms with E-state index in [0.29, 0.717) is 35.7 Å². The van der Waals surface area contributed by atoms with E-state index in [1.807, 2.05) is 6.92 Å². The first-order valence-corrected chi connectivity index (χ1v) is 13.6. The molecule has 4 aliphatic carbocycles. The highest BCUT2D eigenvalue weighted by atomic mass is 16.6. The summed E-state index contributed by atoms with van der Waals surface area (Å²) in [6.07, 6.45) is 14.1. The smallest absolute Gasteiger partial charge is 0.341 e. The molecule has 1 spiro atoms. The van der Waals surface area contributed by atoms with Crippen LogP contribution in [0.1, 0.15) is 92.4 Å². The Balaban J connectivity index is 1.38. The molecule has 8 atom stereocenters. The maximum absolute atomic E-state index is 12.5. The highest BCUT2D eigenvalue weighted by Crippen LogP contribution is 2.69. The van der Waals surface area contributed by atoms with Crippen LogP contribution in [0.15, 0.2) is 23.5 Å². The summed E-state index contributed by atoms with van der Waals surface area (Å²) in [6, 6.07) is 0. The van der Waals surface area contributed by atoms with E-state index in [1.165, 1.54) is 44.6 Å². The largest absolute Gasteiger partial charge is 0.489 e. The molecule has 188 valence electrons. The summed E-state index contributed by atoms with van der Waals surface area (Å²) < 4.78 is 17.0. The number of fused-ring (bicyclic) bond motifs is 5. The average Bonchev–Trinajstić information content (AvgIpc) is 3.18. The zero-order valence-corrected chi connectivity index (χ0v) is 21.7. The van der Waals surface area contributed by atoms with Gasteiger partial charge in [-0.1, -0.05) is 25.5 Å². The molecule has 0 bridgehead atoms. The quantitative estimate of drug-likeness (QED) is 0.358. The van der Waals surface area contributed by atoms with Gasteiger partial charge in [0.05, 0.1) is 12.9 Å². The molecule has 5 unspecified atom stereocenters. The summed E-state index contributed by atoms with van der Waals surface area (Å²) >= 11 is 0. The van der Waals surface area contributed by atoms with Gasteiger partial charge in [0.2, 0.25) is 0 Å². The Labute approximate surface area is 204 Å². The summed E-state index contributed by atoms with van der Waals surface area (Å²) in [5.41, 5.74) is 2.24. The predicted octanol–water partition coefficient (Wildman–Crippen LogP) is 6.12. The van der Waals surface area contributed by atoms with Crippen LogP contribution in [0.5, 0.6) is 0 Å². The number of carbonyl (C=O) groups is 2. The minimum atomic E-state index is -0.468. The minimum Gasteiger partial charge on any atom is -0.489 e. The number of carbonyl (C=O) groups excluding carboxylic acids is 2. The van der Waals surface area contributed by atoms with E-state index in [1.54, 1.807) is 6.26 Å². The molecule has 0 saturated heterocycles. The third kappa shape index (κ3) is 3.32. The first-order chi connectivity index (χ1) is 16.2. The van der Waals surface area contributed by atoms with E-state index < -0.39 is 5.60 Å². The minimum absolute atomic E-state index is 0.00247. The van der Waals surface area contributed by atoms with Crippen molar-refractivity contribution in [2.24, 2.45) is 34.5 Å². The Hall–Kier alpha value is -1.78. The van der Waals surface area contributed by atoms with Crippen LogP contribution in [0.25, 0.3) is 0 Å². The Kier molecular flexibility index (Phi) is 5.92. The molecule has 0 aromatic carbocycles. The van der Waals surface area contributed by atoms with Crippen molar-refractivity contribution < 1.29 is 23.8 Å². The highest BCUT2D eigenvalue weighted by molar-refractivity contribution is 5.92. The van der Waals surface area contributed by atoms with Gasteiger partial charge >= 0.3 is 11.9 Å². The molecular weight excluding hydrogens is 428 g/mol. The van der Waals surface area contributed by atoms with Crippen LogP contribution in [0.2, 0.25) is 0 Å².